The molecule has 0 saturated carbocycles. The van der Waals surface area contributed by atoms with E-state index in [0.717, 1.165) is 10.4 Å². The molecule has 0 fully saturated rings. The third kappa shape index (κ3) is 7.24. The number of carbonyl (C=O) groups excluding carboxylic acids is 2. The Morgan fingerprint density at radius 3 is 2.35 bits per heavy atom. The van der Waals surface area contributed by atoms with Gasteiger partial charge in [0.25, 0.3) is 11.8 Å². The molecule has 2 heterocycles. The van der Waals surface area contributed by atoms with E-state index in [1.165, 1.54) is 40.3 Å². The average molecular weight is 530 g/mol. The zero-order valence-corrected chi connectivity index (χ0v) is 20.2. The highest BCUT2D eigenvalue weighted by Crippen LogP contribution is 2.18. The lowest BCUT2D eigenvalue weighted by Gasteiger charge is -2.11. The number of hydrogen-bond donors (Lipinski definition) is 2. The monoisotopic (exact) mass is 529 g/mol. The number of nitrogens with one attached hydrogen (secondary N) is 2. The van der Waals surface area contributed by atoms with Crippen molar-refractivity contribution >= 4 is 23.2 Å². The van der Waals surface area contributed by atoms with Crippen molar-refractivity contribution in [2.75, 3.05) is 6.54 Å². The number of aromatic nitrogens is 3. The number of benzene rings is 2. The van der Waals surface area contributed by atoms with Gasteiger partial charge in [0.2, 0.25) is 0 Å². The lowest BCUT2D eigenvalue weighted by molar-refractivity contribution is -0.123. The van der Waals surface area contributed by atoms with Crippen LogP contribution in [0.1, 0.15) is 37.0 Å². The quantitative estimate of drug-likeness (QED) is 0.320. The second kappa shape index (κ2) is 11.8. The van der Waals surface area contributed by atoms with Gasteiger partial charge in [-0.25, -0.2) is 4.68 Å². The smallest absolute Gasteiger partial charge is 0.370 e. The molecule has 0 atom stereocenters. The molecule has 8 nitrogen and oxygen atoms in total. The van der Waals surface area contributed by atoms with Gasteiger partial charge in [-0.3, -0.25) is 9.59 Å². The van der Waals surface area contributed by atoms with Crippen molar-refractivity contribution in [2.24, 2.45) is 0 Å². The van der Waals surface area contributed by atoms with E-state index in [0.29, 0.717) is 24.5 Å². The van der Waals surface area contributed by atoms with Gasteiger partial charge in [0, 0.05) is 10.4 Å². The van der Waals surface area contributed by atoms with Crippen LogP contribution in [0.15, 0.2) is 72.1 Å². The van der Waals surface area contributed by atoms with Crippen LogP contribution in [0.5, 0.6) is 0 Å². The summed E-state index contributed by atoms with van der Waals surface area (Å²) in [6, 6.07) is 19.0. The van der Waals surface area contributed by atoms with E-state index in [9.17, 15) is 22.8 Å². The van der Waals surface area contributed by atoms with Crippen molar-refractivity contribution in [1.29, 1.82) is 0 Å². The molecule has 2 aromatic carbocycles. The molecule has 12 heteroatoms. The first-order valence-electron chi connectivity index (χ1n) is 11.1. The van der Waals surface area contributed by atoms with Crippen molar-refractivity contribution in [1.82, 2.24) is 25.6 Å². The topological polar surface area (TPSA) is 98.1 Å². The number of hydrogen-bond acceptors (Lipinski definition) is 6. The largest absolute Gasteiger partial charge is 0.405 e. The minimum Gasteiger partial charge on any atom is -0.370 e. The summed E-state index contributed by atoms with van der Waals surface area (Å²) in [5.74, 6) is -1.29. The standard InChI is InChI=1S/C25H22F3N5O3S/c26-25(27,28)16-30-23(34)18-8-10-19(11-9-18)33-21(15-36-14-17-5-2-1-3-6-17)22(31-32-33)24(35)29-13-20-7-4-12-37-20/h1-12H,13-16H2,(H,29,35)(H,30,34). The van der Waals surface area contributed by atoms with Gasteiger partial charge >= 0.3 is 6.18 Å². The summed E-state index contributed by atoms with van der Waals surface area (Å²) in [4.78, 5) is 25.9. The molecule has 2 amide bonds. The summed E-state index contributed by atoms with van der Waals surface area (Å²) in [6.45, 7) is -0.795. The third-order valence-corrected chi connectivity index (χ3v) is 6.03. The van der Waals surface area contributed by atoms with Crippen molar-refractivity contribution < 1.29 is 27.5 Å². The number of rotatable bonds is 10. The fourth-order valence-corrected chi connectivity index (χ4v) is 4.00. The molecule has 4 aromatic rings. The fraction of sp³-hybridized carbons (Fsp3) is 0.200. The van der Waals surface area contributed by atoms with Crippen LogP contribution in [0.25, 0.3) is 5.69 Å². The number of amides is 2. The van der Waals surface area contributed by atoms with Crippen LogP contribution in [0, 0.1) is 0 Å². The maximum atomic E-state index is 12.9. The van der Waals surface area contributed by atoms with Crippen LogP contribution in [-0.2, 0) is 24.5 Å². The maximum Gasteiger partial charge on any atom is 0.405 e. The van der Waals surface area contributed by atoms with Crippen LogP contribution in [0.2, 0.25) is 0 Å². The number of ether oxygens (including phenoxy) is 1. The van der Waals surface area contributed by atoms with Crippen LogP contribution in [0.4, 0.5) is 13.2 Å². The highest BCUT2D eigenvalue weighted by atomic mass is 32.1. The Morgan fingerprint density at radius 1 is 0.919 bits per heavy atom. The highest BCUT2D eigenvalue weighted by Gasteiger charge is 2.28. The molecule has 0 spiro atoms. The van der Waals surface area contributed by atoms with E-state index in [1.54, 1.807) is 0 Å². The van der Waals surface area contributed by atoms with Gasteiger partial charge in [-0.1, -0.05) is 41.6 Å². The van der Waals surface area contributed by atoms with E-state index in [4.69, 9.17) is 4.74 Å². The third-order valence-electron chi connectivity index (χ3n) is 5.16. The van der Waals surface area contributed by atoms with Crippen LogP contribution in [0.3, 0.4) is 0 Å². The number of carbonyl (C=O) groups is 2. The predicted molar refractivity (Wildman–Crippen MR) is 130 cm³/mol. The average Bonchev–Trinajstić information content (AvgIpc) is 3.56. The van der Waals surface area contributed by atoms with Gasteiger partial charge in [0.15, 0.2) is 5.69 Å². The Labute approximate surface area is 214 Å². The minimum absolute atomic E-state index is 0.0114. The minimum atomic E-state index is -4.51. The number of halogens is 3. The summed E-state index contributed by atoms with van der Waals surface area (Å²) in [5.41, 5.74) is 1.91. The first-order valence-corrected chi connectivity index (χ1v) is 12.0. The van der Waals surface area contributed by atoms with E-state index in [2.05, 4.69) is 15.6 Å². The molecule has 2 N–H and O–H groups in total. The fourth-order valence-electron chi connectivity index (χ4n) is 3.36. The molecule has 2 aromatic heterocycles. The molecule has 37 heavy (non-hydrogen) atoms. The number of nitrogens with zero attached hydrogens (tertiary/aromatic N) is 3. The number of thiophene rings is 1. The summed E-state index contributed by atoms with van der Waals surface area (Å²) in [6.07, 6.45) is -4.51. The second-order valence-electron chi connectivity index (χ2n) is 7.88. The molecule has 0 aliphatic heterocycles. The lowest BCUT2D eigenvalue weighted by Crippen LogP contribution is -2.33. The van der Waals surface area contributed by atoms with Gasteiger partial charge in [-0.2, -0.15) is 13.2 Å². The van der Waals surface area contributed by atoms with E-state index < -0.39 is 24.5 Å². The molecule has 0 unspecified atom stereocenters. The molecule has 0 aliphatic carbocycles. The molecule has 0 aliphatic rings. The first-order chi connectivity index (χ1) is 17.8. The molecule has 4 rings (SSSR count). The van der Waals surface area contributed by atoms with E-state index in [1.807, 2.05) is 53.2 Å². The maximum absolute atomic E-state index is 12.9. The predicted octanol–water partition coefficient (Wildman–Crippen LogP) is 4.27. The number of alkyl halides is 3. The molecular formula is C25H22F3N5O3S. The summed E-state index contributed by atoms with van der Waals surface area (Å²) in [7, 11) is 0. The summed E-state index contributed by atoms with van der Waals surface area (Å²) in [5, 5.41) is 14.7. The highest BCUT2D eigenvalue weighted by molar-refractivity contribution is 7.09. The van der Waals surface area contributed by atoms with Crippen LogP contribution < -0.4 is 10.6 Å². The van der Waals surface area contributed by atoms with Gasteiger partial charge in [-0.05, 0) is 41.3 Å². The summed E-state index contributed by atoms with van der Waals surface area (Å²) >= 11 is 1.51. The molecule has 0 bridgehead atoms. The van der Waals surface area contributed by atoms with Crippen LogP contribution >= 0.6 is 11.3 Å². The van der Waals surface area contributed by atoms with Gasteiger partial charge in [0.05, 0.1) is 25.4 Å². The Kier molecular flexibility index (Phi) is 8.31. The Balaban J connectivity index is 1.52. The van der Waals surface area contributed by atoms with E-state index >= 15 is 0 Å². The Bertz CT molecular complexity index is 1320. The molecule has 0 saturated heterocycles. The zero-order chi connectivity index (χ0) is 26.3. The molecular weight excluding hydrogens is 507 g/mol. The van der Waals surface area contributed by atoms with Crippen molar-refractivity contribution in [2.45, 2.75) is 25.9 Å². The van der Waals surface area contributed by atoms with Crippen molar-refractivity contribution in [3.05, 3.63) is 99.5 Å². The Hall–Kier alpha value is -4.03. The molecule has 0 radical (unpaired) electrons. The zero-order valence-electron chi connectivity index (χ0n) is 19.4. The van der Waals surface area contributed by atoms with Gasteiger partial charge in [0.1, 0.15) is 12.2 Å². The normalized spacial score (nSPS) is 11.3. The van der Waals surface area contributed by atoms with Crippen molar-refractivity contribution in [3.8, 4) is 5.69 Å². The first kappa shape index (κ1) is 26.0. The SMILES string of the molecule is O=C(NCC(F)(F)F)c1ccc(-n2nnc(C(=O)NCc3cccs3)c2COCc2ccccc2)cc1. The van der Waals surface area contributed by atoms with Crippen LogP contribution in [-0.4, -0.2) is 39.5 Å². The molecule has 192 valence electrons. The van der Waals surface area contributed by atoms with Crippen molar-refractivity contribution in [3.63, 3.8) is 0 Å². The second-order valence-corrected chi connectivity index (χ2v) is 8.91. The lowest BCUT2D eigenvalue weighted by atomic mass is 10.2. The van der Waals surface area contributed by atoms with Gasteiger partial charge < -0.3 is 15.4 Å². The Morgan fingerprint density at radius 2 is 1.68 bits per heavy atom. The summed E-state index contributed by atoms with van der Waals surface area (Å²) < 4.78 is 44.4. The van der Waals surface area contributed by atoms with E-state index in [-0.39, 0.29) is 17.9 Å². The van der Waals surface area contributed by atoms with Gasteiger partial charge in [-0.15, -0.1) is 16.4 Å².